The van der Waals surface area contributed by atoms with E-state index in [2.05, 4.69) is 21.3 Å². The molecule has 2 aliphatic rings. The van der Waals surface area contributed by atoms with E-state index in [9.17, 15) is 9.59 Å². The Morgan fingerprint density at radius 2 is 2.18 bits per heavy atom. The smallest absolute Gasteiger partial charge is 0.325 e. The Labute approximate surface area is 98.7 Å². The number of fused-ring (bicyclic) bond motifs is 1. The second-order valence-corrected chi connectivity index (χ2v) is 4.35. The lowest BCUT2D eigenvalue weighted by atomic mass is 10.2. The SMILES string of the molecule is CC(O)CNC1NC2C(=O)NC(=O)N(C)C2N1. The number of amides is 3. The van der Waals surface area contributed by atoms with Crippen LogP contribution in [0.2, 0.25) is 0 Å². The van der Waals surface area contributed by atoms with Gasteiger partial charge in [0.2, 0.25) is 5.91 Å². The second-order valence-electron chi connectivity index (χ2n) is 4.35. The van der Waals surface area contributed by atoms with E-state index in [0.717, 1.165) is 0 Å². The summed E-state index contributed by atoms with van der Waals surface area (Å²) in [5, 5.41) is 20.5. The standard InChI is InChI=1S/C9H17N5O3/c1-4(15)3-10-8-11-5-6(12-8)14(2)9(17)13-7(5)16/h4-6,8,10-12,15H,3H2,1-2H3,(H,13,16,17). The molecule has 2 rings (SSSR count). The van der Waals surface area contributed by atoms with Crippen LogP contribution in [0.1, 0.15) is 6.92 Å². The summed E-state index contributed by atoms with van der Waals surface area (Å²) in [6, 6.07) is -0.897. The number of likely N-dealkylation sites (N-methyl/N-ethyl adjacent to an activating group) is 1. The van der Waals surface area contributed by atoms with Crippen molar-refractivity contribution in [3.63, 3.8) is 0 Å². The van der Waals surface area contributed by atoms with Gasteiger partial charge in [-0.25, -0.2) is 4.79 Å². The van der Waals surface area contributed by atoms with Gasteiger partial charge in [0.05, 0.1) is 6.10 Å². The molecule has 8 nitrogen and oxygen atoms in total. The first-order chi connectivity index (χ1) is 7.99. The number of rotatable bonds is 3. The number of carbonyl (C=O) groups excluding carboxylic acids is 2. The van der Waals surface area contributed by atoms with Crippen LogP contribution in [0, 0.1) is 0 Å². The lowest BCUT2D eigenvalue weighted by Crippen LogP contribution is -2.64. The first kappa shape index (κ1) is 12.2. The van der Waals surface area contributed by atoms with Crippen LogP contribution < -0.4 is 21.3 Å². The average Bonchev–Trinajstić information content (AvgIpc) is 2.68. The molecule has 96 valence electrons. The van der Waals surface area contributed by atoms with Crippen LogP contribution in [0.5, 0.6) is 0 Å². The second kappa shape index (κ2) is 4.57. The highest BCUT2D eigenvalue weighted by Gasteiger charge is 2.45. The van der Waals surface area contributed by atoms with Gasteiger partial charge >= 0.3 is 6.03 Å². The third-order valence-electron chi connectivity index (χ3n) is 2.87. The quantitative estimate of drug-likeness (QED) is 0.370. The first-order valence-electron chi connectivity index (χ1n) is 5.50. The normalized spacial score (nSPS) is 34.5. The molecule has 2 heterocycles. The van der Waals surface area contributed by atoms with Crippen molar-refractivity contribution in [1.82, 2.24) is 26.2 Å². The van der Waals surface area contributed by atoms with Gasteiger partial charge in [-0.3, -0.25) is 26.1 Å². The van der Waals surface area contributed by atoms with Crippen LogP contribution in [0.15, 0.2) is 0 Å². The molecule has 2 aliphatic heterocycles. The fourth-order valence-electron chi connectivity index (χ4n) is 1.94. The van der Waals surface area contributed by atoms with Crippen molar-refractivity contribution in [3.8, 4) is 0 Å². The van der Waals surface area contributed by atoms with E-state index in [4.69, 9.17) is 5.11 Å². The van der Waals surface area contributed by atoms with Gasteiger partial charge in [0.15, 0.2) is 0 Å². The number of hydrogen-bond acceptors (Lipinski definition) is 6. The molecule has 2 saturated heterocycles. The molecular formula is C9H17N5O3. The Bertz CT molecular complexity index is 335. The number of carbonyl (C=O) groups is 2. The molecular weight excluding hydrogens is 226 g/mol. The molecule has 0 saturated carbocycles. The summed E-state index contributed by atoms with van der Waals surface area (Å²) in [5.74, 6) is -0.341. The summed E-state index contributed by atoms with van der Waals surface area (Å²) in [5.41, 5.74) is 0. The molecule has 8 heteroatoms. The molecule has 2 fully saturated rings. The van der Waals surface area contributed by atoms with Gasteiger partial charge in [-0.05, 0) is 6.92 Å². The van der Waals surface area contributed by atoms with Crippen molar-refractivity contribution in [2.75, 3.05) is 13.6 Å². The minimum absolute atomic E-state index is 0.307. The molecule has 17 heavy (non-hydrogen) atoms. The first-order valence-corrected chi connectivity index (χ1v) is 5.50. The van der Waals surface area contributed by atoms with Crippen molar-refractivity contribution in [1.29, 1.82) is 0 Å². The minimum Gasteiger partial charge on any atom is -0.392 e. The van der Waals surface area contributed by atoms with E-state index in [-0.39, 0.29) is 18.4 Å². The van der Waals surface area contributed by atoms with Gasteiger partial charge in [0.1, 0.15) is 18.5 Å². The molecule has 0 radical (unpaired) electrons. The van der Waals surface area contributed by atoms with E-state index in [1.807, 2.05) is 0 Å². The van der Waals surface area contributed by atoms with Gasteiger partial charge in [-0.1, -0.05) is 0 Å². The molecule has 3 amide bonds. The van der Waals surface area contributed by atoms with Crippen molar-refractivity contribution in [2.24, 2.45) is 0 Å². The number of aliphatic hydroxyl groups is 1. The number of aliphatic hydroxyl groups excluding tert-OH is 1. The molecule has 0 bridgehead atoms. The Hall–Kier alpha value is -1.22. The Kier molecular flexibility index (Phi) is 3.29. The molecule has 0 aromatic heterocycles. The number of imide groups is 1. The number of hydrogen-bond donors (Lipinski definition) is 5. The van der Waals surface area contributed by atoms with Gasteiger partial charge in [0, 0.05) is 13.6 Å². The zero-order chi connectivity index (χ0) is 12.6. The van der Waals surface area contributed by atoms with Gasteiger partial charge in [0.25, 0.3) is 0 Å². The topological polar surface area (TPSA) is 106 Å². The van der Waals surface area contributed by atoms with Crippen molar-refractivity contribution < 1.29 is 14.7 Å². The van der Waals surface area contributed by atoms with Crippen LogP contribution in [0.3, 0.4) is 0 Å². The summed E-state index contributed by atoms with van der Waals surface area (Å²) in [6.07, 6.45) is -1.16. The molecule has 5 N–H and O–H groups in total. The Morgan fingerprint density at radius 1 is 1.47 bits per heavy atom. The van der Waals surface area contributed by atoms with Crippen LogP contribution >= 0.6 is 0 Å². The Morgan fingerprint density at radius 3 is 2.82 bits per heavy atom. The predicted octanol–water partition coefficient (Wildman–Crippen LogP) is -2.69. The predicted molar refractivity (Wildman–Crippen MR) is 58.6 cm³/mol. The largest absolute Gasteiger partial charge is 0.392 e. The van der Waals surface area contributed by atoms with E-state index in [1.165, 1.54) is 4.90 Å². The van der Waals surface area contributed by atoms with Gasteiger partial charge < -0.3 is 10.0 Å². The van der Waals surface area contributed by atoms with E-state index in [0.29, 0.717) is 6.54 Å². The minimum atomic E-state index is -0.482. The zero-order valence-electron chi connectivity index (χ0n) is 9.73. The highest BCUT2D eigenvalue weighted by molar-refractivity contribution is 6.00. The highest BCUT2D eigenvalue weighted by Crippen LogP contribution is 2.12. The number of nitrogens with zero attached hydrogens (tertiary/aromatic N) is 1. The van der Waals surface area contributed by atoms with Gasteiger partial charge in [-0.2, -0.15) is 0 Å². The zero-order valence-corrected chi connectivity index (χ0v) is 9.73. The monoisotopic (exact) mass is 243 g/mol. The van der Waals surface area contributed by atoms with Crippen LogP contribution in [0.4, 0.5) is 4.79 Å². The van der Waals surface area contributed by atoms with Gasteiger partial charge in [-0.15, -0.1) is 0 Å². The number of urea groups is 1. The molecule has 0 aromatic rings. The molecule has 0 spiro atoms. The van der Waals surface area contributed by atoms with Crippen molar-refractivity contribution in [3.05, 3.63) is 0 Å². The maximum atomic E-state index is 11.6. The highest BCUT2D eigenvalue weighted by atomic mass is 16.3. The van der Waals surface area contributed by atoms with E-state index >= 15 is 0 Å². The van der Waals surface area contributed by atoms with Crippen molar-refractivity contribution in [2.45, 2.75) is 31.5 Å². The van der Waals surface area contributed by atoms with Crippen LogP contribution in [-0.4, -0.2) is 60.1 Å². The van der Waals surface area contributed by atoms with Crippen molar-refractivity contribution >= 4 is 11.9 Å². The van der Waals surface area contributed by atoms with Crippen LogP contribution in [-0.2, 0) is 4.79 Å². The van der Waals surface area contributed by atoms with Crippen LogP contribution in [0.25, 0.3) is 0 Å². The maximum absolute atomic E-state index is 11.6. The molecule has 4 atom stereocenters. The maximum Gasteiger partial charge on any atom is 0.325 e. The fraction of sp³-hybridized carbons (Fsp3) is 0.778. The lowest BCUT2D eigenvalue weighted by molar-refractivity contribution is -0.124. The summed E-state index contributed by atoms with van der Waals surface area (Å²) in [7, 11) is 1.62. The molecule has 0 aliphatic carbocycles. The lowest BCUT2D eigenvalue weighted by Gasteiger charge is -2.32. The third-order valence-corrected chi connectivity index (χ3v) is 2.87. The summed E-state index contributed by atoms with van der Waals surface area (Å²) >= 11 is 0. The summed E-state index contributed by atoms with van der Waals surface area (Å²) in [6.45, 7) is 2.06. The molecule has 0 aromatic carbocycles. The summed E-state index contributed by atoms with van der Waals surface area (Å²) in [4.78, 5) is 24.4. The van der Waals surface area contributed by atoms with E-state index in [1.54, 1.807) is 14.0 Å². The fourth-order valence-corrected chi connectivity index (χ4v) is 1.94. The number of nitrogens with one attached hydrogen (secondary N) is 4. The van der Waals surface area contributed by atoms with E-state index < -0.39 is 18.2 Å². The Balaban J connectivity index is 1.98. The summed E-state index contributed by atoms with van der Waals surface area (Å²) < 4.78 is 0. The average molecular weight is 243 g/mol. The third kappa shape index (κ3) is 2.39. The molecule has 4 unspecified atom stereocenters.